The number of thiophene rings is 1. The SMILES string of the molecule is COCc1noc(-c2ccc3scc(Br)c3c2)n1. The maximum atomic E-state index is 5.22. The zero-order chi connectivity index (χ0) is 12.5. The second kappa shape index (κ2) is 4.79. The molecule has 0 N–H and O–H groups in total. The molecule has 3 rings (SSSR count). The first kappa shape index (κ1) is 11.8. The zero-order valence-corrected chi connectivity index (χ0v) is 11.9. The van der Waals surface area contributed by atoms with Crippen molar-refractivity contribution >= 4 is 37.4 Å². The number of hydrogen-bond acceptors (Lipinski definition) is 5. The highest BCUT2D eigenvalue weighted by molar-refractivity contribution is 9.10. The number of methoxy groups -OCH3 is 1. The van der Waals surface area contributed by atoms with Crippen LogP contribution in [0.25, 0.3) is 21.5 Å². The molecule has 1 aromatic carbocycles. The van der Waals surface area contributed by atoms with Gasteiger partial charge in [-0.15, -0.1) is 11.3 Å². The molecule has 0 unspecified atom stereocenters. The van der Waals surface area contributed by atoms with Crippen molar-refractivity contribution in [2.45, 2.75) is 6.61 Å². The fourth-order valence-electron chi connectivity index (χ4n) is 1.69. The van der Waals surface area contributed by atoms with Crippen molar-refractivity contribution < 1.29 is 9.26 Å². The molecule has 0 fully saturated rings. The predicted molar refractivity (Wildman–Crippen MR) is 73.5 cm³/mol. The van der Waals surface area contributed by atoms with Gasteiger partial charge in [0.05, 0.1) is 0 Å². The van der Waals surface area contributed by atoms with E-state index < -0.39 is 0 Å². The van der Waals surface area contributed by atoms with E-state index in [1.807, 2.05) is 12.1 Å². The monoisotopic (exact) mass is 324 g/mol. The van der Waals surface area contributed by atoms with Gasteiger partial charge in [0.1, 0.15) is 6.61 Å². The van der Waals surface area contributed by atoms with Crippen molar-refractivity contribution in [2.24, 2.45) is 0 Å². The van der Waals surface area contributed by atoms with E-state index in [0.29, 0.717) is 18.3 Å². The molecule has 6 heteroatoms. The Labute approximate surface area is 116 Å². The van der Waals surface area contributed by atoms with Crippen LogP contribution >= 0.6 is 27.3 Å². The summed E-state index contributed by atoms with van der Waals surface area (Å²) in [4.78, 5) is 4.28. The van der Waals surface area contributed by atoms with Crippen molar-refractivity contribution in [1.82, 2.24) is 10.1 Å². The fourth-order valence-corrected chi connectivity index (χ4v) is 3.23. The number of aromatic nitrogens is 2. The number of ether oxygens (including phenoxy) is 1. The van der Waals surface area contributed by atoms with Gasteiger partial charge in [0.15, 0.2) is 5.82 Å². The molecule has 0 aliphatic carbocycles. The van der Waals surface area contributed by atoms with E-state index in [9.17, 15) is 0 Å². The van der Waals surface area contributed by atoms with Gasteiger partial charge in [-0.2, -0.15) is 4.98 Å². The minimum absolute atomic E-state index is 0.355. The Morgan fingerprint density at radius 1 is 1.44 bits per heavy atom. The van der Waals surface area contributed by atoms with E-state index in [2.05, 4.69) is 37.5 Å². The van der Waals surface area contributed by atoms with Crippen molar-refractivity contribution in [3.63, 3.8) is 0 Å². The molecule has 2 heterocycles. The molecule has 0 spiro atoms. The molecule has 18 heavy (non-hydrogen) atoms. The van der Waals surface area contributed by atoms with E-state index in [4.69, 9.17) is 9.26 Å². The number of nitrogens with zero attached hydrogens (tertiary/aromatic N) is 2. The lowest BCUT2D eigenvalue weighted by Crippen LogP contribution is -1.89. The van der Waals surface area contributed by atoms with Crippen LogP contribution in [-0.4, -0.2) is 17.3 Å². The molecule has 2 aromatic heterocycles. The third-order valence-corrected chi connectivity index (χ3v) is 4.44. The van der Waals surface area contributed by atoms with Crippen molar-refractivity contribution in [3.8, 4) is 11.5 Å². The van der Waals surface area contributed by atoms with Crippen LogP contribution in [0.5, 0.6) is 0 Å². The highest BCUT2D eigenvalue weighted by atomic mass is 79.9. The Morgan fingerprint density at radius 2 is 2.33 bits per heavy atom. The maximum Gasteiger partial charge on any atom is 0.258 e. The third kappa shape index (κ3) is 2.07. The molecule has 0 bridgehead atoms. The zero-order valence-electron chi connectivity index (χ0n) is 9.51. The van der Waals surface area contributed by atoms with Gasteiger partial charge in [-0.3, -0.25) is 0 Å². The van der Waals surface area contributed by atoms with Crippen molar-refractivity contribution in [1.29, 1.82) is 0 Å². The van der Waals surface area contributed by atoms with E-state index in [1.165, 1.54) is 4.70 Å². The molecule has 3 aromatic rings. The molecule has 92 valence electrons. The molecule has 0 aliphatic rings. The first-order valence-corrected chi connectivity index (χ1v) is 6.94. The summed E-state index contributed by atoms with van der Waals surface area (Å²) in [7, 11) is 1.60. The summed E-state index contributed by atoms with van der Waals surface area (Å²) in [5.74, 6) is 1.07. The lowest BCUT2D eigenvalue weighted by atomic mass is 10.2. The normalized spacial score (nSPS) is 11.2. The van der Waals surface area contributed by atoms with Gasteiger partial charge in [-0.05, 0) is 34.1 Å². The molecule has 4 nitrogen and oxygen atoms in total. The van der Waals surface area contributed by atoms with Crippen molar-refractivity contribution in [3.05, 3.63) is 33.9 Å². The third-order valence-electron chi connectivity index (χ3n) is 2.51. The largest absolute Gasteiger partial charge is 0.377 e. The summed E-state index contributed by atoms with van der Waals surface area (Å²) < 4.78 is 12.5. The van der Waals surface area contributed by atoms with Crippen molar-refractivity contribution in [2.75, 3.05) is 7.11 Å². The van der Waals surface area contributed by atoms with Crippen LogP contribution in [-0.2, 0) is 11.3 Å². The molecule has 0 radical (unpaired) electrons. The Bertz CT molecular complexity index is 692. The second-order valence-electron chi connectivity index (χ2n) is 3.74. The van der Waals surface area contributed by atoms with Gasteiger partial charge in [-0.25, -0.2) is 0 Å². The summed E-state index contributed by atoms with van der Waals surface area (Å²) in [5, 5.41) is 7.08. The standard InChI is InChI=1S/C12H9BrN2O2S/c1-16-5-11-14-12(17-15-11)7-2-3-10-8(4-7)9(13)6-18-10/h2-4,6H,5H2,1H3. The Morgan fingerprint density at radius 3 is 3.17 bits per heavy atom. The molecule has 0 amide bonds. The summed E-state index contributed by atoms with van der Waals surface area (Å²) >= 11 is 5.23. The van der Waals surface area contributed by atoms with Crippen LogP contribution in [0, 0.1) is 0 Å². The van der Waals surface area contributed by atoms with Crippen LogP contribution in [0.4, 0.5) is 0 Å². The summed E-state index contributed by atoms with van der Waals surface area (Å²) in [6.45, 7) is 0.355. The first-order chi connectivity index (χ1) is 8.78. The van der Waals surface area contributed by atoms with Gasteiger partial charge in [-0.1, -0.05) is 5.16 Å². The van der Waals surface area contributed by atoms with Crippen LogP contribution in [0.2, 0.25) is 0 Å². The molecule has 0 atom stereocenters. The topological polar surface area (TPSA) is 48.2 Å². The van der Waals surface area contributed by atoms with Gasteiger partial charge >= 0.3 is 0 Å². The number of fused-ring (bicyclic) bond motifs is 1. The summed E-state index contributed by atoms with van der Waals surface area (Å²) in [6.07, 6.45) is 0. The van der Waals surface area contributed by atoms with E-state index in [0.717, 1.165) is 15.4 Å². The van der Waals surface area contributed by atoms with Crippen LogP contribution in [0.15, 0.2) is 32.6 Å². The Balaban J connectivity index is 2.04. The van der Waals surface area contributed by atoms with E-state index in [-0.39, 0.29) is 0 Å². The van der Waals surface area contributed by atoms with Crippen LogP contribution in [0.1, 0.15) is 5.82 Å². The summed E-state index contributed by atoms with van der Waals surface area (Å²) in [5.41, 5.74) is 0.913. The Hall–Kier alpha value is -1.24. The fraction of sp³-hybridized carbons (Fsp3) is 0.167. The lowest BCUT2D eigenvalue weighted by Gasteiger charge is -1.95. The second-order valence-corrected chi connectivity index (χ2v) is 5.51. The van der Waals surface area contributed by atoms with Crippen LogP contribution in [0.3, 0.4) is 0 Å². The highest BCUT2D eigenvalue weighted by Gasteiger charge is 2.10. The molecule has 0 saturated carbocycles. The molecule has 0 saturated heterocycles. The number of hydrogen-bond donors (Lipinski definition) is 0. The quantitative estimate of drug-likeness (QED) is 0.734. The summed E-state index contributed by atoms with van der Waals surface area (Å²) in [6, 6.07) is 6.08. The number of rotatable bonds is 3. The maximum absolute atomic E-state index is 5.22. The predicted octanol–water partition coefficient (Wildman–Crippen LogP) is 3.86. The van der Waals surface area contributed by atoms with Gasteiger partial charge in [0.2, 0.25) is 0 Å². The average Bonchev–Trinajstić information content (AvgIpc) is 2.98. The number of benzene rings is 1. The van der Waals surface area contributed by atoms with Crippen LogP contribution < -0.4 is 0 Å². The molecular weight excluding hydrogens is 316 g/mol. The molecule has 0 aliphatic heterocycles. The van der Waals surface area contributed by atoms with Gasteiger partial charge in [0.25, 0.3) is 5.89 Å². The highest BCUT2D eigenvalue weighted by Crippen LogP contribution is 2.33. The average molecular weight is 325 g/mol. The minimum atomic E-state index is 0.355. The van der Waals surface area contributed by atoms with E-state index >= 15 is 0 Å². The van der Waals surface area contributed by atoms with E-state index in [1.54, 1.807) is 18.4 Å². The smallest absolute Gasteiger partial charge is 0.258 e. The van der Waals surface area contributed by atoms with Gasteiger partial charge < -0.3 is 9.26 Å². The minimum Gasteiger partial charge on any atom is -0.377 e. The van der Waals surface area contributed by atoms with Gasteiger partial charge in [0, 0.05) is 32.6 Å². The molecular formula is C12H9BrN2O2S. The Kier molecular flexibility index (Phi) is 3.15. The lowest BCUT2D eigenvalue weighted by molar-refractivity contribution is 0.174. The number of halogens is 1. The first-order valence-electron chi connectivity index (χ1n) is 5.26.